The Bertz CT molecular complexity index is 590. The number of benzene rings is 1. The topological polar surface area (TPSA) is 77.2 Å². The van der Waals surface area contributed by atoms with Gasteiger partial charge >= 0.3 is 0 Å². The number of carbonyl (C=O) groups is 1. The lowest BCUT2D eigenvalue weighted by molar-refractivity contribution is 0.0949. The first-order valence-corrected chi connectivity index (χ1v) is 6.85. The van der Waals surface area contributed by atoms with E-state index in [9.17, 15) is 4.79 Å². The van der Waals surface area contributed by atoms with Crippen molar-refractivity contribution in [1.82, 2.24) is 15.5 Å². The van der Waals surface area contributed by atoms with Gasteiger partial charge in [-0.15, -0.1) is 0 Å². The Morgan fingerprint density at radius 2 is 2.05 bits per heavy atom. The van der Waals surface area contributed by atoms with Crippen molar-refractivity contribution in [3.05, 3.63) is 41.5 Å². The van der Waals surface area contributed by atoms with Crippen LogP contribution >= 0.6 is 0 Å². The molecule has 0 spiro atoms. The van der Waals surface area contributed by atoms with Gasteiger partial charge in [0.15, 0.2) is 6.61 Å². The highest BCUT2D eigenvalue weighted by Gasteiger charge is 2.07. The molecule has 1 N–H and O–H groups in total. The molecule has 0 aliphatic rings. The molecule has 1 aromatic heterocycles. The number of hydrogen-bond acceptors (Lipinski definition) is 5. The third kappa shape index (κ3) is 4.59. The Morgan fingerprint density at radius 1 is 1.33 bits per heavy atom. The van der Waals surface area contributed by atoms with Gasteiger partial charge in [-0.2, -0.15) is 4.98 Å². The van der Waals surface area contributed by atoms with Gasteiger partial charge < -0.3 is 14.6 Å². The first kappa shape index (κ1) is 15.0. The minimum Gasteiger partial charge on any atom is -0.485 e. The van der Waals surface area contributed by atoms with Crippen LogP contribution in [0.25, 0.3) is 0 Å². The smallest absolute Gasteiger partial charge is 0.251 e. The molecule has 6 nitrogen and oxygen atoms in total. The van der Waals surface area contributed by atoms with Gasteiger partial charge in [0.1, 0.15) is 5.75 Å². The van der Waals surface area contributed by atoms with Crippen LogP contribution in [-0.4, -0.2) is 22.6 Å². The summed E-state index contributed by atoms with van der Waals surface area (Å²) in [5, 5.41) is 6.61. The van der Waals surface area contributed by atoms with Gasteiger partial charge in [-0.05, 0) is 30.2 Å². The summed E-state index contributed by atoms with van der Waals surface area (Å²) in [6, 6.07) is 6.95. The molecule has 112 valence electrons. The SMILES string of the molecule is Cc1nc(COc2ccc(C(=O)NCC(C)C)cc2)no1. The summed E-state index contributed by atoms with van der Waals surface area (Å²) in [7, 11) is 0. The van der Waals surface area contributed by atoms with Crippen molar-refractivity contribution < 1.29 is 14.1 Å². The number of ether oxygens (including phenoxy) is 1. The van der Waals surface area contributed by atoms with Crippen LogP contribution in [0.5, 0.6) is 5.75 Å². The zero-order chi connectivity index (χ0) is 15.2. The summed E-state index contributed by atoms with van der Waals surface area (Å²) in [4.78, 5) is 15.9. The zero-order valence-corrected chi connectivity index (χ0v) is 12.4. The van der Waals surface area contributed by atoms with Crippen molar-refractivity contribution >= 4 is 5.91 Å². The van der Waals surface area contributed by atoms with Crippen molar-refractivity contribution in [3.63, 3.8) is 0 Å². The minimum absolute atomic E-state index is 0.0796. The fourth-order valence-corrected chi connectivity index (χ4v) is 1.65. The standard InChI is InChI=1S/C15H19N3O3/c1-10(2)8-16-15(19)12-4-6-13(7-5-12)20-9-14-17-11(3)21-18-14/h4-7,10H,8-9H2,1-3H3,(H,16,19). The number of aryl methyl sites for hydroxylation is 1. The largest absolute Gasteiger partial charge is 0.485 e. The lowest BCUT2D eigenvalue weighted by Gasteiger charge is -2.08. The molecule has 0 unspecified atom stereocenters. The molecule has 2 rings (SSSR count). The number of nitrogens with one attached hydrogen (secondary N) is 1. The van der Waals surface area contributed by atoms with Gasteiger partial charge in [-0.3, -0.25) is 4.79 Å². The molecule has 0 atom stereocenters. The summed E-state index contributed by atoms with van der Waals surface area (Å²) in [5.74, 6) is 1.99. The number of hydrogen-bond donors (Lipinski definition) is 1. The van der Waals surface area contributed by atoms with Gasteiger partial charge in [-0.1, -0.05) is 19.0 Å². The van der Waals surface area contributed by atoms with Crippen molar-refractivity contribution in [2.75, 3.05) is 6.54 Å². The van der Waals surface area contributed by atoms with E-state index in [0.717, 1.165) is 0 Å². The number of amides is 1. The lowest BCUT2D eigenvalue weighted by Crippen LogP contribution is -2.27. The van der Waals surface area contributed by atoms with E-state index < -0.39 is 0 Å². The quantitative estimate of drug-likeness (QED) is 0.883. The second-order valence-electron chi connectivity index (χ2n) is 5.15. The average Bonchev–Trinajstić information content (AvgIpc) is 2.89. The Labute approximate surface area is 123 Å². The normalized spacial score (nSPS) is 10.7. The summed E-state index contributed by atoms with van der Waals surface area (Å²) in [5.41, 5.74) is 0.610. The predicted molar refractivity (Wildman–Crippen MR) is 77.0 cm³/mol. The molecule has 0 aliphatic carbocycles. The monoisotopic (exact) mass is 289 g/mol. The maximum Gasteiger partial charge on any atom is 0.251 e. The van der Waals surface area contributed by atoms with Crippen LogP contribution in [0.3, 0.4) is 0 Å². The molecule has 21 heavy (non-hydrogen) atoms. The molecule has 1 heterocycles. The van der Waals surface area contributed by atoms with Crippen molar-refractivity contribution in [3.8, 4) is 5.75 Å². The molecule has 1 aromatic carbocycles. The van der Waals surface area contributed by atoms with Crippen LogP contribution in [0.15, 0.2) is 28.8 Å². The van der Waals surface area contributed by atoms with Crippen LogP contribution in [0.2, 0.25) is 0 Å². The van der Waals surface area contributed by atoms with Crippen LogP contribution < -0.4 is 10.1 Å². The highest BCUT2D eigenvalue weighted by atomic mass is 16.5. The predicted octanol–water partition coefficient (Wildman–Crippen LogP) is 2.34. The summed E-state index contributed by atoms with van der Waals surface area (Å²) in [6.45, 7) is 6.72. The molecule has 0 bridgehead atoms. The Hall–Kier alpha value is -2.37. The molecular weight excluding hydrogens is 270 g/mol. The van der Waals surface area contributed by atoms with Gasteiger partial charge in [-0.25, -0.2) is 0 Å². The highest BCUT2D eigenvalue weighted by Crippen LogP contribution is 2.13. The second kappa shape index (κ2) is 6.88. The fourth-order valence-electron chi connectivity index (χ4n) is 1.65. The van der Waals surface area contributed by atoms with Crippen LogP contribution in [0.4, 0.5) is 0 Å². The molecule has 2 aromatic rings. The van der Waals surface area contributed by atoms with Crippen LogP contribution in [0, 0.1) is 12.8 Å². The first-order chi connectivity index (χ1) is 10.0. The van der Waals surface area contributed by atoms with Crippen molar-refractivity contribution in [1.29, 1.82) is 0 Å². The van der Waals surface area contributed by atoms with Gasteiger partial charge in [0, 0.05) is 19.0 Å². The number of nitrogens with zero attached hydrogens (tertiary/aromatic N) is 2. The molecule has 0 saturated heterocycles. The molecule has 0 radical (unpaired) electrons. The summed E-state index contributed by atoms with van der Waals surface area (Å²) < 4.78 is 10.4. The van der Waals surface area contributed by atoms with Crippen LogP contribution in [0.1, 0.15) is 35.9 Å². The summed E-state index contributed by atoms with van der Waals surface area (Å²) in [6.07, 6.45) is 0. The summed E-state index contributed by atoms with van der Waals surface area (Å²) >= 11 is 0. The maximum atomic E-state index is 11.9. The Kier molecular flexibility index (Phi) is 4.92. The van der Waals surface area contributed by atoms with E-state index in [-0.39, 0.29) is 12.5 Å². The average molecular weight is 289 g/mol. The zero-order valence-electron chi connectivity index (χ0n) is 12.4. The van der Waals surface area contributed by atoms with Crippen molar-refractivity contribution in [2.24, 2.45) is 5.92 Å². The molecule has 0 fully saturated rings. The third-order valence-electron chi connectivity index (χ3n) is 2.72. The van der Waals surface area contributed by atoms with E-state index in [2.05, 4.69) is 29.3 Å². The van der Waals surface area contributed by atoms with E-state index in [1.165, 1.54) is 0 Å². The van der Waals surface area contributed by atoms with Gasteiger partial charge in [0.05, 0.1) is 0 Å². The van der Waals surface area contributed by atoms with Gasteiger partial charge in [0.2, 0.25) is 11.7 Å². The van der Waals surface area contributed by atoms with E-state index >= 15 is 0 Å². The van der Waals surface area contributed by atoms with Crippen molar-refractivity contribution in [2.45, 2.75) is 27.4 Å². The Balaban J connectivity index is 1.88. The first-order valence-electron chi connectivity index (χ1n) is 6.85. The van der Waals surface area contributed by atoms with E-state index in [1.54, 1.807) is 31.2 Å². The molecule has 6 heteroatoms. The third-order valence-corrected chi connectivity index (χ3v) is 2.72. The minimum atomic E-state index is -0.0796. The lowest BCUT2D eigenvalue weighted by atomic mass is 10.2. The second-order valence-corrected chi connectivity index (χ2v) is 5.15. The molecule has 0 aliphatic heterocycles. The molecule has 0 saturated carbocycles. The number of rotatable bonds is 6. The molecule has 1 amide bonds. The Morgan fingerprint density at radius 3 is 2.62 bits per heavy atom. The van der Waals surface area contributed by atoms with E-state index in [4.69, 9.17) is 9.26 Å². The number of aromatic nitrogens is 2. The van der Waals surface area contributed by atoms with E-state index in [1.807, 2.05) is 0 Å². The highest BCUT2D eigenvalue weighted by molar-refractivity contribution is 5.94. The molecular formula is C15H19N3O3. The van der Waals surface area contributed by atoms with Crippen LogP contribution in [-0.2, 0) is 6.61 Å². The number of carbonyl (C=O) groups excluding carboxylic acids is 1. The fraction of sp³-hybridized carbons (Fsp3) is 0.400. The van der Waals surface area contributed by atoms with Gasteiger partial charge in [0.25, 0.3) is 5.91 Å². The van der Waals surface area contributed by atoms with E-state index in [0.29, 0.717) is 35.5 Å². The maximum absolute atomic E-state index is 11.9.